The van der Waals surface area contributed by atoms with Crippen LogP contribution in [-0.2, 0) is 0 Å². The second-order valence-electron chi connectivity index (χ2n) is 6.97. The van der Waals surface area contributed by atoms with Gasteiger partial charge in [-0.2, -0.15) is 0 Å². The normalized spacial score (nSPS) is 10.5. The Morgan fingerprint density at radius 2 is 1.08 bits per heavy atom. The Bertz CT molecular complexity index is 877. The molecule has 0 spiro atoms. The zero-order valence-electron chi connectivity index (χ0n) is 15.9. The Kier molecular flexibility index (Phi) is 6.85. The summed E-state index contributed by atoms with van der Waals surface area (Å²) in [5.41, 5.74) is 1.62. The van der Waals surface area contributed by atoms with Crippen LogP contribution in [-0.4, -0.2) is 11.6 Å². The van der Waals surface area contributed by atoms with Crippen molar-refractivity contribution in [2.24, 2.45) is 11.8 Å². The summed E-state index contributed by atoms with van der Waals surface area (Å²) in [6.45, 7) is 7.68. The standard InChI is InChI=1S/C14H14O.C10H12O/c1-10(2)14(15)13-8-7-11-5-3-4-6-12(11)9-13;1-8(2)10(11)9-6-4-3-5-7-9/h3-10H,1-2H3;3-8H,1-2H3. The fraction of sp³-hybridized carbons (Fsp3) is 0.250. The van der Waals surface area contributed by atoms with Gasteiger partial charge in [-0.25, -0.2) is 0 Å². The number of Topliss-reactive ketones (excluding diaryl/α,β-unsaturated/α-hetero) is 2. The van der Waals surface area contributed by atoms with E-state index >= 15 is 0 Å². The fourth-order valence-electron chi connectivity index (χ4n) is 2.61. The lowest BCUT2D eigenvalue weighted by Crippen LogP contribution is -2.06. The third-order valence-electron chi connectivity index (χ3n) is 4.14. The number of hydrogen-bond donors (Lipinski definition) is 0. The van der Waals surface area contributed by atoms with Crippen molar-refractivity contribution in [2.75, 3.05) is 0 Å². The Labute approximate surface area is 155 Å². The van der Waals surface area contributed by atoms with E-state index in [0.29, 0.717) is 0 Å². The van der Waals surface area contributed by atoms with Crippen molar-refractivity contribution in [2.45, 2.75) is 27.7 Å². The molecule has 2 nitrogen and oxygen atoms in total. The van der Waals surface area contributed by atoms with Gasteiger partial charge >= 0.3 is 0 Å². The average Bonchev–Trinajstić information content (AvgIpc) is 2.67. The number of carbonyl (C=O) groups excluding carboxylic acids is 2. The molecule has 3 rings (SSSR count). The largest absolute Gasteiger partial charge is 0.294 e. The van der Waals surface area contributed by atoms with Crippen LogP contribution >= 0.6 is 0 Å². The molecule has 0 aromatic heterocycles. The first-order valence-electron chi connectivity index (χ1n) is 9.02. The first-order valence-corrected chi connectivity index (χ1v) is 9.02. The van der Waals surface area contributed by atoms with Crippen LogP contribution in [0.3, 0.4) is 0 Å². The summed E-state index contributed by atoms with van der Waals surface area (Å²) < 4.78 is 0. The molecular formula is C24H26O2. The van der Waals surface area contributed by atoms with Gasteiger partial charge in [-0.15, -0.1) is 0 Å². The minimum absolute atomic E-state index is 0.0613. The molecule has 3 aromatic rings. The van der Waals surface area contributed by atoms with Gasteiger partial charge in [0.1, 0.15) is 0 Å². The predicted octanol–water partition coefficient (Wildman–Crippen LogP) is 6.20. The van der Waals surface area contributed by atoms with E-state index in [9.17, 15) is 9.59 Å². The maximum absolute atomic E-state index is 11.8. The zero-order chi connectivity index (χ0) is 19.1. The molecule has 0 fully saturated rings. The van der Waals surface area contributed by atoms with Crippen LogP contribution < -0.4 is 0 Å². The molecule has 0 saturated carbocycles. The van der Waals surface area contributed by atoms with Gasteiger partial charge in [0.25, 0.3) is 0 Å². The highest BCUT2D eigenvalue weighted by Crippen LogP contribution is 2.17. The van der Waals surface area contributed by atoms with E-state index in [1.54, 1.807) is 0 Å². The topological polar surface area (TPSA) is 34.1 Å². The summed E-state index contributed by atoms with van der Waals surface area (Å²) in [5, 5.41) is 2.31. The van der Waals surface area contributed by atoms with Crippen LogP contribution in [0.25, 0.3) is 10.8 Å². The molecule has 0 aliphatic carbocycles. The summed E-state index contributed by atoms with van der Waals surface area (Å²) in [6.07, 6.45) is 0. The fourth-order valence-corrected chi connectivity index (χ4v) is 2.61. The number of benzene rings is 3. The lowest BCUT2D eigenvalue weighted by Gasteiger charge is -2.05. The quantitative estimate of drug-likeness (QED) is 0.527. The highest BCUT2D eigenvalue weighted by molar-refractivity contribution is 6.01. The maximum Gasteiger partial charge on any atom is 0.165 e. The Balaban J connectivity index is 0.000000197. The SMILES string of the molecule is CC(C)C(=O)c1ccc2ccccc2c1.CC(C)C(=O)c1ccccc1. The minimum Gasteiger partial charge on any atom is -0.294 e. The average molecular weight is 346 g/mol. The van der Waals surface area contributed by atoms with Crippen LogP contribution in [0, 0.1) is 11.8 Å². The minimum atomic E-state index is 0.0613. The number of carbonyl (C=O) groups is 2. The van der Waals surface area contributed by atoms with E-state index in [4.69, 9.17) is 0 Å². The van der Waals surface area contributed by atoms with Crippen LogP contribution in [0.5, 0.6) is 0 Å². The van der Waals surface area contributed by atoms with E-state index in [0.717, 1.165) is 16.5 Å². The van der Waals surface area contributed by atoms with Crippen LogP contribution in [0.2, 0.25) is 0 Å². The second kappa shape index (κ2) is 9.10. The molecule has 0 heterocycles. The van der Waals surface area contributed by atoms with Crippen LogP contribution in [0.1, 0.15) is 48.4 Å². The molecular weight excluding hydrogens is 320 g/mol. The van der Waals surface area contributed by atoms with E-state index < -0.39 is 0 Å². The van der Waals surface area contributed by atoms with Gasteiger partial charge in [-0.3, -0.25) is 9.59 Å². The van der Waals surface area contributed by atoms with Crippen molar-refractivity contribution < 1.29 is 9.59 Å². The van der Waals surface area contributed by atoms with Crippen molar-refractivity contribution in [3.8, 4) is 0 Å². The molecule has 2 heteroatoms. The Morgan fingerprint density at radius 3 is 1.65 bits per heavy atom. The number of ketones is 2. The van der Waals surface area contributed by atoms with Crippen LogP contribution in [0.4, 0.5) is 0 Å². The van der Waals surface area contributed by atoms with Crippen molar-refractivity contribution in [3.63, 3.8) is 0 Å². The van der Waals surface area contributed by atoms with E-state index in [2.05, 4.69) is 6.07 Å². The summed E-state index contributed by atoms with van der Waals surface area (Å²) >= 11 is 0. The Morgan fingerprint density at radius 1 is 0.577 bits per heavy atom. The molecule has 26 heavy (non-hydrogen) atoms. The number of rotatable bonds is 4. The molecule has 0 aliphatic heterocycles. The summed E-state index contributed by atoms with van der Waals surface area (Å²) in [7, 11) is 0. The van der Waals surface area contributed by atoms with Gasteiger partial charge in [-0.1, -0.05) is 94.4 Å². The van der Waals surface area contributed by atoms with E-state index in [-0.39, 0.29) is 23.4 Å². The van der Waals surface area contributed by atoms with E-state index in [1.165, 1.54) is 5.39 Å². The summed E-state index contributed by atoms with van der Waals surface area (Å²) in [6, 6.07) is 23.4. The van der Waals surface area contributed by atoms with Crippen molar-refractivity contribution >= 4 is 22.3 Å². The molecule has 0 unspecified atom stereocenters. The number of fused-ring (bicyclic) bond motifs is 1. The van der Waals surface area contributed by atoms with E-state index in [1.807, 2.05) is 94.4 Å². The van der Waals surface area contributed by atoms with Crippen molar-refractivity contribution in [1.29, 1.82) is 0 Å². The molecule has 0 bridgehead atoms. The molecule has 134 valence electrons. The van der Waals surface area contributed by atoms with Gasteiger partial charge in [-0.05, 0) is 16.8 Å². The lowest BCUT2D eigenvalue weighted by atomic mass is 9.98. The Hall–Kier alpha value is -2.74. The molecule has 3 aromatic carbocycles. The van der Waals surface area contributed by atoms with Crippen molar-refractivity contribution in [3.05, 3.63) is 83.9 Å². The highest BCUT2D eigenvalue weighted by Gasteiger charge is 2.10. The third kappa shape index (κ3) is 5.13. The zero-order valence-corrected chi connectivity index (χ0v) is 15.9. The van der Waals surface area contributed by atoms with Gasteiger partial charge in [0.05, 0.1) is 0 Å². The third-order valence-corrected chi connectivity index (χ3v) is 4.14. The first-order chi connectivity index (χ1) is 12.4. The van der Waals surface area contributed by atoms with Crippen LogP contribution in [0.15, 0.2) is 72.8 Å². The molecule has 0 saturated heterocycles. The molecule has 0 radical (unpaired) electrons. The van der Waals surface area contributed by atoms with Gasteiger partial charge < -0.3 is 0 Å². The smallest absolute Gasteiger partial charge is 0.165 e. The van der Waals surface area contributed by atoms with Crippen molar-refractivity contribution in [1.82, 2.24) is 0 Å². The molecule has 0 N–H and O–H groups in total. The summed E-state index contributed by atoms with van der Waals surface area (Å²) in [5.74, 6) is 0.579. The van der Waals surface area contributed by atoms with Gasteiger partial charge in [0.2, 0.25) is 0 Å². The molecule has 0 amide bonds. The maximum atomic E-state index is 11.8. The highest BCUT2D eigenvalue weighted by atomic mass is 16.1. The summed E-state index contributed by atoms with van der Waals surface area (Å²) in [4.78, 5) is 23.1. The number of hydrogen-bond acceptors (Lipinski definition) is 2. The monoisotopic (exact) mass is 346 g/mol. The first kappa shape index (κ1) is 19.6. The molecule has 0 aliphatic rings. The molecule has 0 atom stereocenters. The van der Waals surface area contributed by atoms with Gasteiger partial charge in [0.15, 0.2) is 11.6 Å². The second-order valence-corrected chi connectivity index (χ2v) is 6.97. The van der Waals surface area contributed by atoms with Gasteiger partial charge in [0, 0.05) is 23.0 Å². The lowest BCUT2D eigenvalue weighted by molar-refractivity contribution is 0.0932. The predicted molar refractivity (Wildman–Crippen MR) is 109 cm³/mol.